The van der Waals surface area contributed by atoms with Gasteiger partial charge in [-0.2, -0.15) is 0 Å². The molecule has 5 heteroatoms. The van der Waals surface area contributed by atoms with E-state index in [2.05, 4.69) is 0 Å². The SMILES string of the molecule is N[C@H](CO)c1cccc([N+](=O)[O-])c1. The number of aliphatic hydroxyl groups is 1. The van der Waals surface area contributed by atoms with Crippen molar-refractivity contribution in [1.29, 1.82) is 0 Å². The monoisotopic (exact) mass is 182 g/mol. The Morgan fingerprint density at radius 2 is 2.31 bits per heavy atom. The summed E-state index contributed by atoms with van der Waals surface area (Å²) in [6.07, 6.45) is 0. The van der Waals surface area contributed by atoms with Crippen molar-refractivity contribution >= 4 is 5.69 Å². The maximum atomic E-state index is 10.4. The number of non-ortho nitro benzene ring substituents is 1. The van der Waals surface area contributed by atoms with E-state index in [1.165, 1.54) is 12.1 Å². The highest BCUT2D eigenvalue weighted by atomic mass is 16.6. The van der Waals surface area contributed by atoms with Gasteiger partial charge in [0.15, 0.2) is 0 Å². The van der Waals surface area contributed by atoms with E-state index in [0.717, 1.165) is 0 Å². The molecule has 1 rings (SSSR count). The minimum atomic E-state index is -0.556. The van der Waals surface area contributed by atoms with Crippen molar-refractivity contribution in [3.05, 3.63) is 39.9 Å². The molecule has 0 amide bonds. The zero-order valence-electron chi connectivity index (χ0n) is 6.88. The minimum absolute atomic E-state index is 0.0126. The molecule has 0 fully saturated rings. The Bertz CT molecular complexity index is 314. The lowest BCUT2D eigenvalue weighted by Gasteiger charge is -2.06. The van der Waals surface area contributed by atoms with Crippen molar-refractivity contribution in [3.63, 3.8) is 0 Å². The standard InChI is InChI=1S/C8H10N2O3/c9-8(5-11)6-2-1-3-7(4-6)10(12)13/h1-4,8,11H,5,9H2/t8-/m1/s1. The summed E-state index contributed by atoms with van der Waals surface area (Å²) in [5, 5.41) is 19.1. The Hall–Kier alpha value is -1.46. The third kappa shape index (κ3) is 2.24. The molecular weight excluding hydrogens is 172 g/mol. The molecule has 0 saturated heterocycles. The van der Waals surface area contributed by atoms with Crippen LogP contribution in [0.4, 0.5) is 5.69 Å². The molecule has 0 spiro atoms. The van der Waals surface area contributed by atoms with Crippen molar-refractivity contribution in [1.82, 2.24) is 0 Å². The van der Waals surface area contributed by atoms with E-state index in [9.17, 15) is 10.1 Å². The highest BCUT2D eigenvalue weighted by molar-refractivity contribution is 5.35. The molecule has 70 valence electrons. The van der Waals surface area contributed by atoms with Gasteiger partial charge in [0.2, 0.25) is 0 Å². The van der Waals surface area contributed by atoms with Gasteiger partial charge in [-0.3, -0.25) is 10.1 Å². The van der Waals surface area contributed by atoms with Crippen LogP contribution >= 0.6 is 0 Å². The average molecular weight is 182 g/mol. The van der Waals surface area contributed by atoms with Crippen molar-refractivity contribution < 1.29 is 10.0 Å². The Labute approximate surface area is 74.9 Å². The number of hydrogen-bond donors (Lipinski definition) is 2. The molecule has 0 saturated carbocycles. The first-order valence-electron chi connectivity index (χ1n) is 3.76. The van der Waals surface area contributed by atoms with E-state index in [4.69, 9.17) is 10.8 Å². The van der Waals surface area contributed by atoms with E-state index in [-0.39, 0.29) is 12.3 Å². The fourth-order valence-electron chi connectivity index (χ4n) is 0.974. The highest BCUT2D eigenvalue weighted by Gasteiger charge is 2.09. The molecule has 0 bridgehead atoms. The van der Waals surface area contributed by atoms with Gasteiger partial charge in [0.25, 0.3) is 5.69 Å². The second-order valence-electron chi connectivity index (χ2n) is 2.64. The Morgan fingerprint density at radius 1 is 1.62 bits per heavy atom. The first-order chi connectivity index (χ1) is 6.15. The van der Waals surface area contributed by atoms with E-state index in [1.807, 2.05) is 0 Å². The Balaban J connectivity index is 2.98. The molecule has 5 nitrogen and oxygen atoms in total. The van der Waals surface area contributed by atoms with E-state index in [1.54, 1.807) is 12.1 Å². The molecule has 0 heterocycles. The second-order valence-corrected chi connectivity index (χ2v) is 2.64. The Kier molecular flexibility index (Phi) is 2.94. The van der Waals surface area contributed by atoms with Gasteiger partial charge in [-0.1, -0.05) is 12.1 Å². The largest absolute Gasteiger partial charge is 0.394 e. The summed E-state index contributed by atoms with van der Waals surface area (Å²) in [7, 11) is 0. The lowest BCUT2D eigenvalue weighted by molar-refractivity contribution is -0.384. The van der Waals surface area contributed by atoms with Crippen LogP contribution in [0.25, 0.3) is 0 Å². The van der Waals surface area contributed by atoms with Crippen LogP contribution in [0.5, 0.6) is 0 Å². The molecule has 0 aliphatic heterocycles. The van der Waals surface area contributed by atoms with Crippen molar-refractivity contribution in [2.75, 3.05) is 6.61 Å². The number of benzene rings is 1. The highest BCUT2D eigenvalue weighted by Crippen LogP contribution is 2.17. The second kappa shape index (κ2) is 3.97. The zero-order chi connectivity index (χ0) is 9.84. The van der Waals surface area contributed by atoms with Crippen LogP contribution in [0.15, 0.2) is 24.3 Å². The Morgan fingerprint density at radius 3 is 2.85 bits per heavy atom. The van der Waals surface area contributed by atoms with Gasteiger partial charge in [0, 0.05) is 12.1 Å². The van der Waals surface area contributed by atoms with Gasteiger partial charge in [-0.15, -0.1) is 0 Å². The van der Waals surface area contributed by atoms with Gasteiger partial charge in [0.1, 0.15) is 0 Å². The van der Waals surface area contributed by atoms with Crippen LogP contribution in [0.2, 0.25) is 0 Å². The maximum Gasteiger partial charge on any atom is 0.269 e. The summed E-state index contributed by atoms with van der Waals surface area (Å²) >= 11 is 0. The molecule has 1 aromatic carbocycles. The van der Waals surface area contributed by atoms with Gasteiger partial charge >= 0.3 is 0 Å². The summed E-state index contributed by atoms with van der Waals surface area (Å²) in [5.74, 6) is 0. The smallest absolute Gasteiger partial charge is 0.269 e. The first-order valence-corrected chi connectivity index (χ1v) is 3.76. The van der Waals surface area contributed by atoms with Gasteiger partial charge < -0.3 is 10.8 Å². The number of nitro groups is 1. The predicted molar refractivity (Wildman–Crippen MR) is 47.1 cm³/mol. The van der Waals surface area contributed by atoms with Gasteiger partial charge in [-0.25, -0.2) is 0 Å². The molecular formula is C8H10N2O3. The fraction of sp³-hybridized carbons (Fsp3) is 0.250. The van der Waals surface area contributed by atoms with Crippen LogP contribution in [0.3, 0.4) is 0 Å². The third-order valence-corrected chi connectivity index (χ3v) is 1.71. The summed E-state index contributed by atoms with van der Waals surface area (Å²) < 4.78 is 0. The lowest BCUT2D eigenvalue weighted by atomic mass is 10.1. The molecule has 0 aromatic heterocycles. The summed E-state index contributed by atoms with van der Waals surface area (Å²) in [5.41, 5.74) is 6.04. The molecule has 1 atom stereocenters. The lowest BCUT2D eigenvalue weighted by Crippen LogP contribution is -2.14. The zero-order valence-corrected chi connectivity index (χ0v) is 6.88. The number of nitrogens with zero attached hydrogens (tertiary/aromatic N) is 1. The first kappa shape index (κ1) is 9.63. The molecule has 13 heavy (non-hydrogen) atoms. The van der Waals surface area contributed by atoms with Crippen molar-refractivity contribution in [2.45, 2.75) is 6.04 Å². The predicted octanol–water partition coefficient (Wildman–Crippen LogP) is 0.587. The van der Waals surface area contributed by atoms with Crippen LogP contribution in [-0.2, 0) is 0 Å². The van der Waals surface area contributed by atoms with E-state index < -0.39 is 11.0 Å². The van der Waals surface area contributed by atoms with E-state index >= 15 is 0 Å². The average Bonchev–Trinajstić information content (AvgIpc) is 2.17. The number of hydrogen-bond acceptors (Lipinski definition) is 4. The number of aliphatic hydroxyl groups excluding tert-OH is 1. The van der Waals surface area contributed by atoms with Gasteiger partial charge in [-0.05, 0) is 5.56 Å². The summed E-state index contributed by atoms with van der Waals surface area (Å²) in [4.78, 5) is 9.87. The van der Waals surface area contributed by atoms with Crippen LogP contribution < -0.4 is 5.73 Å². The number of rotatable bonds is 3. The van der Waals surface area contributed by atoms with Gasteiger partial charge in [0.05, 0.1) is 17.6 Å². The third-order valence-electron chi connectivity index (χ3n) is 1.71. The van der Waals surface area contributed by atoms with Crippen LogP contribution in [0.1, 0.15) is 11.6 Å². The molecule has 0 aliphatic rings. The molecule has 0 unspecified atom stereocenters. The van der Waals surface area contributed by atoms with Crippen LogP contribution in [-0.4, -0.2) is 16.6 Å². The molecule has 3 N–H and O–H groups in total. The van der Waals surface area contributed by atoms with Crippen molar-refractivity contribution in [2.24, 2.45) is 5.73 Å². The molecule has 0 radical (unpaired) electrons. The maximum absolute atomic E-state index is 10.4. The quantitative estimate of drug-likeness (QED) is 0.528. The normalized spacial score (nSPS) is 12.5. The number of nitro benzene ring substituents is 1. The number of nitrogens with two attached hydrogens (primary N) is 1. The van der Waals surface area contributed by atoms with Crippen molar-refractivity contribution in [3.8, 4) is 0 Å². The summed E-state index contributed by atoms with van der Waals surface area (Å²) in [6.45, 7) is -0.221. The minimum Gasteiger partial charge on any atom is -0.394 e. The summed E-state index contributed by atoms with van der Waals surface area (Å²) in [6, 6.07) is 5.38. The topological polar surface area (TPSA) is 89.4 Å². The van der Waals surface area contributed by atoms with E-state index in [0.29, 0.717) is 5.56 Å². The molecule has 0 aliphatic carbocycles. The molecule has 1 aromatic rings. The fourth-order valence-corrected chi connectivity index (χ4v) is 0.974. The van der Waals surface area contributed by atoms with Crippen LogP contribution in [0, 0.1) is 10.1 Å².